The molecule has 0 aliphatic heterocycles. The van der Waals surface area contributed by atoms with E-state index in [1.54, 1.807) is 14.0 Å². The average Bonchev–Trinajstić information content (AvgIpc) is 3.25. The van der Waals surface area contributed by atoms with Crippen LogP contribution in [0.25, 0.3) is 0 Å². The molecule has 3 N–H and O–H groups in total. The van der Waals surface area contributed by atoms with E-state index in [4.69, 9.17) is 4.74 Å². The molecule has 1 saturated carbocycles. The Morgan fingerprint density at radius 2 is 1.84 bits per heavy atom. The highest BCUT2D eigenvalue weighted by Gasteiger charge is 2.26. The molecule has 8 heteroatoms. The second kappa shape index (κ2) is 8.44. The highest BCUT2D eigenvalue weighted by atomic mass is 32.1. The van der Waals surface area contributed by atoms with Gasteiger partial charge in [0, 0.05) is 10.9 Å². The molecule has 7 nitrogen and oxygen atoms in total. The summed E-state index contributed by atoms with van der Waals surface area (Å²) >= 11 is 1.36. The Morgan fingerprint density at radius 1 is 1.20 bits per heavy atom. The molecule has 1 aliphatic carbocycles. The summed E-state index contributed by atoms with van der Waals surface area (Å²) in [6.45, 7) is 6.16. The van der Waals surface area contributed by atoms with E-state index in [1.807, 2.05) is 13.8 Å². The summed E-state index contributed by atoms with van der Waals surface area (Å²) in [6, 6.07) is 0.318. The number of quaternary nitrogens is 1. The van der Waals surface area contributed by atoms with Crippen molar-refractivity contribution in [2.75, 3.05) is 32.1 Å². The lowest BCUT2D eigenvalue weighted by atomic mass is 10.1. The van der Waals surface area contributed by atoms with Gasteiger partial charge in [-0.25, -0.2) is 4.79 Å². The van der Waals surface area contributed by atoms with Crippen molar-refractivity contribution in [2.45, 2.75) is 39.7 Å². The second-order valence-corrected chi connectivity index (χ2v) is 7.63. The smallest absolute Gasteiger partial charge is 0.341 e. The normalized spacial score (nSPS) is 14.7. The van der Waals surface area contributed by atoms with E-state index >= 15 is 0 Å². The van der Waals surface area contributed by atoms with Gasteiger partial charge in [-0.05, 0) is 39.2 Å². The molecule has 1 aromatic heterocycles. The average molecular weight is 368 g/mol. The maximum absolute atomic E-state index is 12.3. The van der Waals surface area contributed by atoms with Gasteiger partial charge >= 0.3 is 5.97 Å². The standard InChI is InChI=1S/C17H25N3O4S/c1-5-24-17(23)15-10(2)11(3)25-16(15)19-14(22)9-20(4)8-13(21)18-12-6-7-12/h12H,5-9H2,1-4H3,(H,18,21)(H,19,22)/p+1. The van der Waals surface area contributed by atoms with E-state index in [2.05, 4.69) is 10.6 Å². The molecule has 2 amide bonds. The summed E-state index contributed by atoms with van der Waals surface area (Å²) < 4.78 is 5.08. The van der Waals surface area contributed by atoms with Crippen LogP contribution in [0.4, 0.5) is 5.00 Å². The van der Waals surface area contributed by atoms with E-state index in [-0.39, 0.29) is 31.5 Å². The fraction of sp³-hybridized carbons (Fsp3) is 0.588. The molecule has 2 rings (SSSR count). The first-order valence-corrected chi connectivity index (χ1v) is 9.31. The lowest BCUT2D eigenvalue weighted by Gasteiger charge is -2.13. The van der Waals surface area contributed by atoms with Crippen LogP contribution in [0.3, 0.4) is 0 Å². The molecular formula is C17H26N3O4S+. The Labute approximate surface area is 151 Å². The summed E-state index contributed by atoms with van der Waals surface area (Å²) in [5, 5.41) is 6.21. The van der Waals surface area contributed by atoms with Crippen molar-refractivity contribution in [3.63, 3.8) is 0 Å². The first kappa shape index (κ1) is 19.4. The van der Waals surface area contributed by atoms with Gasteiger partial charge in [0.2, 0.25) is 0 Å². The van der Waals surface area contributed by atoms with Crippen LogP contribution in [0.2, 0.25) is 0 Å². The molecular weight excluding hydrogens is 342 g/mol. The number of ether oxygens (including phenoxy) is 1. The minimum absolute atomic E-state index is 0.0391. The zero-order valence-corrected chi connectivity index (χ0v) is 16.0. The number of likely N-dealkylation sites (N-methyl/N-ethyl adjacent to an activating group) is 1. The number of carbonyl (C=O) groups excluding carboxylic acids is 3. The lowest BCUT2D eigenvalue weighted by Crippen LogP contribution is -3.11. The van der Waals surface area contributed by atoms with Crippen molar-refractivity contribution in [3.8, 4) is 0 Å². The number of hydrogen-bond donors (Lipinski definition) is 3. The molecule has 0 radical (unpaired) electrons. The Kier molecular flexibility index (Phi) is 6.55. The van der Waals surface area contributed by atoms with Crippen LogP contribution in [-0.2, 0) is 14.3 Å². The molecule has 1 atom stereocenters. The van der Waals surface area contributed by atoms with E-state index < -0.39 is 5.97 Å². The van der Waals surface area contributed by atoms with Gasteiger partial charge in [0.1, 0.15) is 5.00 Å². The van der Waals surface area contributed by atoms with E-state index in [9.17, 15) is 14.4 Å². The monoisotopic (exact) mass is 368 g/mol. The third kappa shape index (κ3) is 5.54. The van der Waals surface area contributed by atoms with Gasteiger partial charge < -0.3 is 20.3 Å². The molecule has 0 aromatic carbocycles. The van der Waals surface area contributed by atoms with Gasteiger partial charge in [-0.2, -0.15) is 0 Å². The highest BCUT2D eigenvalue weighted by molar-refractivity contribution is 7.16. The highest BCUT2D eigenvalue weighted by Crippen LogP contribution is 2.32. The maximum Gasteiger partial charge on any atom is 0.341 e. The number of aryl methyl sites for hydroxylation is 1. The van der Waals surface area contributed by atoms with Crippen LogP contribution in [0.1, 0.15) is 40.6 Å². The first-order chi connectivity index (χ1) is 11.8. The Morgan fingerprint density at radius 3 is 2.44 bits per heavy atom. The molecule has 0 bridgehead atoms. The summed E-state index contributed by atoms with van der Waals surface area (Å²) in [5.41, 5.74) is 1.24. The van der Waals surface area contributed by atoms with Crippen LogP contribution in [0.5, 0.6) is 0 Å². The quantitative estimate of drug-likeness (QED) is 0.575. The lowest BCUT2D eigenvalue weighted by molar-refractivity contribution is -0.862. The first-order valence-electron chi connectivity index (χ1n) is 8.49. The molecule has 1 aliphatic rings. The van der Waals surface area contributed by atoms with E-state index in [0.717, 1.165) is 28.2 Å². The SMILES string of the molecule is CCOC(=O)c1c(NC(=O)C[NH+](C)CC(=O)NC2CC2)sc(C)c1C. The Balaban J connectivity index is 1.94. The molecule has 1 fully saturated rings. The van der Waals surface area contributed by atoms with Gasteiger partial charge in [0.15, 0.2) is 13.1 Å². The number of esters is 1. The zero-order chi connectivity index (χ0) is 18.6. The fourth-order valence-corrected chi connectivity index (χ4v) is 3.52. The van der Waals surface area contributed by atoms with Gasteiger partial charge in [-0.3, -0.25) is 9.59 Å². The summed E-state index contributed by atoms with van der Waals surface area (Å²) in [5.74, 6) is -0.699. The molecule has 1 unspecified atom stereocenters. The Bertz CT molecular complexity index is 667. The van der Waals surface area contributed by atoms with Gasteiger partial charge in [-0.15, -0.1) is 11.3 Å². The number of hydrogen-bond acceptors (Lipinski definition) is 5. The summed E-state index contributed by atoms with van der Waals surface area (Å²) in [7, 11) is 1.79. The molecule has 0 saturated heterocycles. The van der Waals surface area contributed by atoms with Crippen LogP contribution in [0.15, 0.2) is 0 Å². The van der Waals surface area contributed by atoms with E-state index in [1.165, 1.54) is 11.3 Å². The molecule has 1 aromatic rings. The molecule has 0 spiro atoms. The fourth-order valence-electron chi connectivity index (χ4n) is 2.45. The summed E-state index contributed by atoms with van der Waals surface area (Å²) in [6.07, 6.45) is 2.08. The molecule has 138 valence electrons. The minimum atomic E-state index is -0.427. The number of thiophene rings is 1. The third-order valence-corrected chi connectivity index (χ3v) is 5.11. The Hall–Kier alpha value is -1.93. The number of anilines is 1. The van der Waals surface area contributed by atoms with Crippen LogP contribution < -0.4 is 15.5 Å². The molecule has 1 heterocycles. The minimum Gasteiger partial charge on any atom is -0.462 e. The predicted octanol–water partition coefficient (Wildman–Crippen LogP) is 0.273. The van der Waals surface area contributed by atoms with Crippen LogP contribution in [-0.4, -0.2) is 50.6 Å². The molecule has 25 heavy (non-hydrogen) atoms. The number of rotatable bonds is 8. The largest absolute Gasteiger partial charge is 0.462 e. The van der Waals surface area contributed by atoms with Gasteiger partial charge in [0.05, 0.1) is 19.2 Å². The van der Waals surface area contributed by atoms with Crippen LogP contribution >= 0.6 is 11.3 Å². The van der Waals surface area contributed by atoms with Crippen molar-refractivity contribution in [1.29, 1.82) is 0 Å². The second-order valence-electron chi connectivity index (χ2n) is 6.41. The van der Waals surface area contributed by atoms with Gasteiger partial charge in [-0.1, -0.05) is 0 Å². The van der Waals surface area contributed by atoms with Crippen molar-refractivity contribution in [3.05, 3.63) is 16.0 Å². The van der Waals surface area contributed by atoms with Crippen molar-refractivity contribution in [1.82, 2.24) is 5.32 Å². The van der Waals surface area contributed by atoms with E-state index in [0.29, 0.717) is 16.6 Å². The maximum atomic E-state index is 12.3. The third-order valence-electron chi connectivity index (χ3n) is 3.98. The van der Waals surface area contributed by atoms with Gasteiger partial charge in [0.25, 0.3) is 11.8 Å². The number of amides is 2. The van der Waals surface area contributed by atoms with Crippen molar-refractivity contribution in [2.24, 2.45) is 0 Å². The van der Waals surface area contributed by atoms with Crippen LogP contribution in [0, 0.1) is 13.8 Å². The van der Waals surface area contributed by atoms with Crippen molar-refractivity contribution >= 4 is 34.1 Å². The number of carbonyl (C=O) groups is 3. The van der Waals surface area contributed by atoms with Crippen molar-refractivity contribution < 1.29 is 24.0 Å². The number of nitrogens with one attached hydrogen (secondary N) is 3. The zero-order valence-electron chi connectivity index (χ0n) is 15.2. The predicted molar refractivity (Wildman–Crippen MR) is 96.2 cm³/mol. The topological polar surface area (TPSA) is 88.9 Å². The summed E-state index contributed by atoms with van der Waals surface area (Å²) in [4.78, 5) is 38.0.